The van der Waals surface area contributed by atoms with Gasteiger partial charge in [0.05, 0.1) is 6.54 Å². The molecule has 0 bridgehead atoms. The van der Waals surface area contributed by atoms with E-state index in [0.29, 0.717) is 16.2 Å². The zero-order valence-corrected chi connectivity index (χ0v) is 13.0. The zero-order valence-electron chi connectivity index (χ0n) is 11.4. The highest BCUT2D eigenvalue weighted by atomic mass is 32.2. The van der Waals surface area contributed by atoms with Crippen LogP contribution >= 0.6 is 23.5 Å². The lowest BCUT2D eigenvalue weighted by Crippen LogP contribution is -2.46. The quantitative estimate of drug-likeness (QED) is 0.852. The number of aliphatic imine (C=N–C) groups is 1. The molecule has 1 unspecified atom stereocenters. The van der Waals surface area contributed by atoms with E-state index in [4.69, 9.17) is 4.99 Å². The maximum atomic E-state index is 4.80. The zero-order chi connectivity index (χ0) is 12.5. The molecule has 0 spiro atoms. The highest BCUT2D eigenvalue weighted by molar-refractivity contribution is 8.13. The predicted octanol–water partition coefficient (Wildman–Crippen LogP) is 3.38. The summed E-state index contributed by atoms with van der Waals surface area (Å²) in [6.07, 6.45) is 6.16. The minimum absolute atomic E-state index is 0.332. The van der Waals surface area contributed by atoms with Crippen LogP contribution in [0.15, 0.2) is 4.99 Å². The van der Waals surface area contributed by atoms with Gasteiger partial charge in [0.1, 0.15) is 0 Å². The molecule has 0 aromatic carbocycles. The number of hydrogen-bond acceptors (Lipinski definition) is 3. The molecule has 1 atom stereocenters. The van der Waals surface area contributed by atoms with E-state index in [1.54, 1.807) is 0 Å². The minimum Gasteiger partial charge on any atom is -0.362 e. The first-order chi connectivity index (χ1) is 7.95. The third-order valence-corrected chi connectivity index (χ3v) is 6.10. The summed E-state index contributed by atoms with van der Waals surface area (Å²) in [4.78, 5) is 4.80. The van der Waals surface area contributed by atoms with Crippen LogP contribution in [0.25, 0.3) is 0 Å². The molecular weight excluding hydrogens is 248 g/mol. The van der Waals surface area contributed by atoms with Gasteiger partial charge in [0.15, 0.2) is 5.17 Å². The molecule has 2 rings (SSSR count). The number of rotatable bonds is 3. The summed E-state index contributed by atoms with van der Waals surface area (Å²) in [6, 6.07) is 0.576. The molecule has 1 aliphatic carbocycles. The summed E-state index contributed by atoms with van der Waals surface area (Å²) in [5.74, 6) is 1.21. The van der Waals surface area contributed by atoms with Crippen molar-refractivity contribution >= 4 is 28.7 Å². The van der Waals surface area contributed by atoms with Crippen LogP contribution in [0.4, 0.5) is 0 Å². The van der Waals surface area contributed by atoms with Crippen molar-refractivity contribution < 1.29 is 0 Å². The van der Waals surface area contributed by atoms with Gasteiger partial charge in [0.2, 0.25) is 0 Å². The maximum Gasteiger partial charge on any atom is 0.156 e. The van der Waals surface area contributed by atoms with Crippen molar-refractivity contribution in [2.24, 2.45) is 10.4 Å². The number of nitrogens with one attached hydrogen (secondary N) is 1. The Balaban J connectivity index is 1.91. The van der Waals surface area contributed by atoms with E-state index in [2.05, 4.69) is 32.3 Å². The van der Waals surface area contributed by atoms with Gasteiger partial charge in [0.25, 0.3) is 0 Å². The van der Waals surface area contributed by atoms with Crippen LogP contribution < -0.4 is 5.32 Å². The van der Waals surface area contributed by atoms with Gasteiger partial charge in [-0.1, -0.05) is 32.5 Å². The fraction of sp³-hybridized carbons (Fsp3) is 0.923. The lowest BCUT2D eigenvalue weighted by molar-refractivity contribution is 0.290. The first kappa shape index (κ1) is 13.6. The van der Waals surface area contributed by atoms with Crippen LogP contribution in [0.5, 0.6) is 0 Å². The summed E-state index contributed by atoms with van der Waals surface area (Å²) in [5, 5.41) is 4.80. The smallest absolute Gasteiger partial charge is 0.156 e. The average molecular weight is 272 g/mol. The summed E-state index contributed by atoms with van der Waals surface area (Å²) >= 11 is 3.88. The Bertz CT molecular complexity index is 303. The lowest BCUT2D eigenvalue weighted by Gasteiger charge is -2.35. The molecule has 2 nitrogen and oxygen atoms in total. The van der Waals surface area contributed by atoms with Gasteiger partial charge >= 0.3 is 0 Å². The normalized spacial score (nSPS) is 30.1. The van der Waals surface area contributed by atoms with E-state index < -0.39 is 0 Å². The highest BCUT2D eigenvalue weighted by Crippen LogP contribution is 2.47. The van der Waals surface area contributed by atoms with Crippen molar-refractivity contribution in [1.29, 1.82) is 0 Å². The Morgan fingerprint density at radius 2 is 2.18 bits per heavy atom. The molecule has 4 heteroatoms. The fourth-order valence-electron chi connectivity index (χ4n) is 2.06. The molecular formula is C13H24N2S2. The molecule has 2 aliphatic rings. The van der Waals surface area contributed by atoms with Crippen LogP contribution in [0.3, 0.4) is 0 Å². The van der Waals surface area contributed by atoms with Crippen LogP contribution in [-0.4, -0.2) is 34.5 Å². The van der Waals surface area contributed by atoms with E-state index in [1.807, 2.05) is 23.5 Å². The van der Waals surface area contributed by atoms with Gasteiger partial charge in [-0.2, -0.15) is 11.8 Å². The van der Waals surface area contributed by atoms with E-state index in [9.17, 15) is 0 Å². The third kappa shape index (κ3) is 3.57. The standard InChI is InChI=1S/C13H24N2S2/c1-12(2,3)10-5-8-17-11(15-10)14-9-13(16-4)6-7-13/h10H,5-9H2,1-4H3,(H,14,15). The topological polar surface area (TPSA) is 24.4 Å². The Labute approximate surface area is 114 Å². The van der Waals surface area contributed by atoms with Crippen molar-refractivity contribution in [3.8, 4) is 0 Å². The number of amidine groups is 1. The molecule has 17 heavy (non-hydrogen) atoms. The third-order valence-electron chi connectivity index (χ3n) is 3.74. The molecule has 0 amide bonds. The second-order valence-electron chi connectivity index (χ2n) is 6.21. The second-order valence-corrected chi connectivity index (χ2v) is 8.57. The van der Waals surface area contributed by atoms with Crippen LogP contribution in [0, 0.1) is 5.41 Å². The molecule has 1 saturated heterocycles. The Hall–Kier alpha value is 0.170. The molecule has 1 saturated carbocycles. The maximum absolute atomic E-state index is 4.80. The summed E-state index contributed by atoms with van der Waals surface area (Å²) in [7, 11) is 0. The Morgan fingerprint density at radius 3 is 2.71 bits per heavy atom. The summed E-state index contributed by atoms with van der Waals surface area (Å²) < 4.78 is 0.490. The lowest BCUT2D eigenvalue weighted by atomic mass is 9.85. The number of thioether (sulfide) groups is 2. The van der Waals surface area contributed by atoms with Crippen molar-refractivity contribution in [2.75, 3.05) is 18.6 Å². The van der Waals surface area contributed by atoms with Gasteiger partial charge in [0, 0.05) is 16.5 Å². The molecule has 0 radical (unpaired) electrons. The van der Waals surface area contributed by atoms with Crippen molar-refractivity contribution in [2.45, 2.75) is 50.8 Å². The monoisotopic (exact) mass is 272 g/mol. The predicted molar refractivity (Wildman–Crippen MR) is 81.2 cm³/mol. The SMILES string of the molecule is CSC1(CN=C2NC(C(C)(C)C)CCS2)CC1. The largest absolute Gasteiger partial charge is 0.362 e. The molecule has 1 aliphatic heterocycles. The van der Waals surface area contributed by atoms with E-state index in [-0.39, 0.29) is 0 Å². The first-order valence-corrected chi connectivity index (χ1v) is 8.65. The number of nitrogens with zero attached hydrogens (tertiary/aromatic N) is 1. The Morgan fingerprint density at radius 1 is 1.47 bits per heavy atom. The molecule has 0 aromatic rings. The van der Waals surface area contributed by atoms with E-state index >= 15 is 0 Å². The summed E-state index contributed by atoms with van der Waals surface area (Å²) in [6.45, 7) is 7.92. The van der Waals surface area contributed by atoms with Crippen LogP contribution in [-0.2, 0) is 0 Å². The average Bonchev–Trinajstić information content (AvgIpc) is 3.06. The minimum atomic E-state index is 0.332. The molecule has 1 heterocycles. The second kappa shape index (κ2) is 5.04. The molecule has 1 N–H and O–H groups in total. The Kier molecular flexibility index (Phi) is 4.03. The molecule has 98 valence electrons. The van der Waals surface area contributed by atoms with Gasteiger partial charge in [-0.05, 0) is 30.9 Å². The van der Waals surface area contributed by atoms with E-state index in [1.165, 1.54) is 30.2 Å². The van der Waals surface area contributed by atoms with Gasteiger partial charge < -0.3 is 5.32 Å². The highest BCUT2D eigenvalue weighted by Gasteiger charge is 2.41. The van der Waals surface area contributed by atoms with Crippen molar-refractivity contribution in [3.05, 3.63) is 0 Å². The summed E-state index contributed by atoms with van der Waals surface area (Å²) in [5.41, 5.74) is 0.332. The van der Waals surface area contributed by atoms with Crippen molar-refractivity contribution in [3.63, 3.8) is 0 Å². The van der Waals surface area contributed by atoms with Gasteiger partial charge in [-0.15, -0.1) is 0 Å². The van der Waals surface area contributed by atoms with Gasteiger partial charge in [-0.3, -0.25) is 4.99 Å². The van der Waals surface area contributed by atoms with E-state index in [0.717, 1.165) is 6.54 Å². The number of hydrogen-bond donors (Lipinski definition) is 1. The van der Waals surface area contributed by atoms with Crippen LogP contribution in [0.1, 0.15) is 40.0 Å². The molecule has 2 fully saturated rings. The first-order valence-electron chi connectivity index (χ1n) is 6.44. The van der Waals surface area contributed by atoms with Gasteiger partial charge in [-0.25, -0.2) is 0 Å². The fourth-order valence-corrected chi connectivity index (χ4v) is 3.69. The van der Waals surface area contributed by atoms with Crippen molar-refractivity contribution in [1.82, 2.24) is 5.32 Å². The molecule has 0 aromatic heterocycles. The van der Waals surface area contributed by atoms with Crippen LogP contribution in [0.2, 0.25) is 0 Å².